The maximum atomic E-state index is 12.3. The predicted molar refractivity (Wildman–Crippen MR) is 114 cm³/mol. The Morgan fingerprint density at radius 2 is 1.97 bits per heavy atom. The molecular weight excluding hydrogens is 380 g/mol. The third-order valence-electron chi connectivity index (χ3n) is 6.79. The van der Waals surface area contributed by atoms with Crippen LogP contribution in [0.25, 0.3) is 0 Å². The van der Waals surface area contributed by atoms with E-state index in [1.807, 2.05) is 4.90 Å². The second-order valence-corrected chi connectivity index (χ2v) is 8.69. The van der Waals surface area contributed by atoms with E-state index in [-0.39, 0.29) is 12.0 Å². The maximum Gasteiger partial charge on any atom is 0.328 e. The van der Waals surface area contributed by atoms with Crippen LogP contribution < -0.4 is 10.2 Å². The summed E-state index contributed by atoms with van der Waals surface area (Å²) in [6.45, 7) is 0.770. The van der Waals surface area contributed by atoms with Crippen molar-refractivity contribution in [3.05, 3.63) is 23.0 Å². The van der Waals surface area contributed by atoms with Crippen LogP contribution in [-0.2, 0) is 22.4 Å². The van der Waals surface area contributed by atoms with Crippen LogP contribution in [0.4, 0.5) is 17.6 Å². The quantitative estimate of drug-likeness (QED) is 0.727. The minimum Gasteiger partial charge on any atom is -0.467 e. The van der Waals surface area contributed by atoms with Gasteiger partial charge in [0, 0.05) is 29.8 Å². The number of aromatic amines is 1. The fourth-order valence-corrected chi connectivity index (χ4v) is 5.17. The van der Waals surface area contributed by atoms with Crippen LogP contribution in [0.3, 0.4) is 0 Å². The summed E-state index contributed by atoms with van der Waals surface area (Å²) in [5, 5.41) is 11.2. The van der Waals surface area contributed by atoms with Crippen LogP contribution >= 0.6 is 0 Å². The normalized spacial score (nSPS) is 21.6. The van der Waals surface area contributed by atoms with Crippen molar-refractivity contribution in [3.63, 3.8) is 0 Å². The molecule has 3 aliphatic rings. The van der Waals surface area contributed by atoms with Crippen LogP contribution in [0.5, 0.6) is 0 Å². The smallest absolute Gasteiger partial charge is 0.328 e. The van der Waals surface area contributed by atoms with Crippen molar-refractivity contribution in [1.29, 1.82) is 0 Å². The Morgan fingerprint density at radius 1 is 1.13 bits per heavy atom. The van der Waals surface area contributed by atoms with Gasteiger partial charge in [-0.2, -0.15) is 10.1 Å². The molecule has 2 aromatic heterocycles. The van der Waals surface area contributed by atoms with Gasteiger partial charge >= 0.3 is 5.97 Å². The van der Waals surface area contributed by atoms with E-state index in [0.29, 0.717) is 11.9 Å². The first kappa shape index (κ1) is 19.3. The van der Waals surface area contributed by atoms with Gasteiger partial charge in [0.15, 0.2) is 5.82 Å². The third-order valence-corrected chi connectivity index (χ3v) is 6.79. The summed E-state index contributed by atoms with van der Waals surface area (Å²) >= 11 is 0. The Balaban J connectivity index is 1.44. The van der Waals surface area contributed by atoms with E-state index in [1.54, 1.807) is 0 Å². The lowest BCUT2D eigenvalue weighted by Gasteiger charge is -2.34. The Kier molecular flexibility index (Phi) is 5.31. The Bertz CT molecular complexity index is 920. The number of aryl methyl sites for hydroxylation is 1. The van der Waals surface area contributed by atoms with Gasteiger partial charge in [-0.05, 0) is 51.4 Å². The molecule has 3 heterocycles. The summed E-state index contributed by atoms with van der Waals surface area (Å²) in [6, 6.07) is 1.81. The molecule has 0 radical (unpaired) electrons. The summed E-state index contributed by atoms with van der Waals surface area (Å²) in [6.07, 6.45) is 10.9. The number of ether oxygens (including phenoxy) is 1. The number of rotatable bonds is 5. The molecule has 8 nitrogen and oxygen atoms in total. The summed E-state index contributed by atoms with van der Waals surface area (Å²) in [4.78, 5) is 24.1. The number of hydrogen-bond acceptors (Lipinski definition) is 7. The van der Waals surface area contributed by atoms with Crippen molar-refractivity contribution in [2.45, 2.75) is 76.2 Å². The molecule has 1 unspecified atom stereocenters. The SMILES string of the molecule is COC(=O)C1CCCCN1c1nc2c(c(Nc3cc(C4CCCC4)[nH]n3)n1)CCC2. The number of hydrogen-bond donors (Lipinski definition) is 2. The first-order valence-corrected chi connectivity index (χ1v) is 11.3. The summed E-state index contributed by atoms with van der Waals surface area (Å²) in [7, 11) is 1.45. The molecule has 2 fully saturated rings. The number of nitrogens with one attached hydrogen (secondary N) is 2. The second kappa shape index (κ2) is 8.24. The van der Waals surface area contributed by atoms with E-state index in [1.165, 1.54) is 44.1 Å². The van der Waals surface area contributed by atoms with Gasteiger partial charge in [-0.1, -0.05) is 12.8 Å². The molecule has 30 heavy (non-hydrogen) atoms. The van der Waals surface area contributed by atoms with E-state index in [0.717, 1.165) is 62.4 Å². The number of piperidine rings is 1. The van der Waals surface area contributed by atoms with Crippen LogP contribution in [-0.4, -0.2) is 45.8 Å². The zero-order valence-electron chi connectivity index (χ0n) is 17.6. The highest BCUT2D eigenvalue weighted by molar-refractivity contribution is 5.79. The number of nitrogens with zero attached hydrogens (tertiary/aromatic N) is 4. The minimum absolute atomic E-state index is 0.207. The third kappa shape index (κ3) is 3.63. The van der Waals surface area contributed by atoms with Gasteiger partial charge in [0.05, 0.1) is 12.8 Å². The average molecular weight is 411 g/mol. The van der Waals surface area contributed by atoms with E-state index < -0.39 is 0 Å². The predicted octanol–water partition coefficient (Wildman–Crippen LogP) is 3.62. The zero-order chi connectivity index (χ0) is 20.5. The summed E-state index contributed by atoms with van der Waals surface area (Å²) in [5.41, 5.74) is 3.47. The molecule has 1 saturated carbocycles. The molecule has 0 bridgehead atoms. The molecule has 5 rings (SSSR count). The Hall–Kier alpha value is -2.64. The van der Waals surface area contributed by atoms with Crippen molar-refractivity contribution < 1.29 is 9.53 Å². The zero-order valence-corrected chi connectivity index (χ0v) is 17.6. The topological polar surface area (TPSA) is 96.0 Å². The average Bonchev–Trinajstić information content (AvgIpc) is 3.54. The van der Waals surface area contributed by atoms with Gasteiger partial charge in [0.25, 0.3) is 0 Å². The number of anilines is 3. The van der Waals surface area contributed by atoms with Gasteiger partial charge < -0.3 is 15.0 Å². The molecule has 2 aliphatic carbocycles. The largest absolute Gasteiger partial charge is 0.467 e. The number of fused-ring (bicyclic) bond motifs is 1. The van der Waals surface area contributed by atoms with Crippen LogP contribution in [0.2, 0.25) is 0 Å². The summed E-state index contributed by atoms with van der Waals surface area (Å²) < 4.78 is 5.05. The molecule has 2 aromatic rings. The van der Waals surface area contributed by atoms with Crippen molar-refractivity contribution in [2.24, 2.45) is 0 Å². The van der Waals surface area contributed by atoms with E-state index in [2.05, 4.69) is 21.6 Å². The number of esters is 1. The number of H-pyrrole nitrogens is 1. The van der Waals surface area contributed by atoms with Gasteiger partial charge in [0.2, 0.25) is 5.95 Å². The molecule has 1 saturated heterocycles. The van der Waals surface area contributed by atoms with Gasteiger partial charge in [-0.15, -0.1) is 0 Å². The Morgan fingerprint density at radius 3 is 2.80 bits per heavy atom. The second-order valence-electron chi connectivity index (χ2n) is 8.69. The van der Waals surface area contributed by atoms with Crippen molar-refractivity contribution in [3.8, 4) is 0 Å². The molecule has 8 heteroatoms. The molecule has 1 atom stereocenters. The molecule has 0 aromatic carbocycles. The van der Waals surface area contributed by atoms with Crippen LogP contribution in [0.15, 0.2) is 6.07 Å². The highest BCUT2D eigenvalue weighted by Crippen LogP contribution is 2.35. The van der Waals surface area contributed by atoms with Crippen LogP contribution in [0.1, 0.15) is 74.2 Å². The lowest BCUT2D eigenvalue weighted by atomic mass is 10.0. The first-order chi connectivity index (χ1) is 14.7. The Labute approximate surface area is 176 Å². The molecule has 0 amide bonds. The maximum absolute atomic E-state index is 12.3. The first-order valence-electron chi connectivity index (χ1n) is 11.3. The number of aromatic nitrogens is 4. The van der Waals surface area contributed by atoms with Gasteiger partial charge in [-0.3, -0.25) is 5.10 Å². The highest BCUT2D eigenvalue weighted by atomic mass is 16.5. The number of methoxy groups -OCH3 is 1. The molecule has 1 aliphatic heterocycles. The lowest BCUT2D eigenvalue weighted by Crippen LogP contribution is -2.46. The van der Waals surface area contributed by atoms with Crippen molar-refractivity contribution in [2.75, 3.05) is 23.9 Å². The fourth-order valence-electron chi connectivity index (χ4n) is 5.17. The van der Waals surface area contributed by atoms with E-state index >= 15 is 0 Å². The van der Waals surface area contributed by atoms with Crippen molar-refractivity contribution in [1.82, 2.24) is 20.2 Å². The number of carbonyl (C=O) groups excluding carboxylic acids is 1. The van der Waals surface area contributed by atoms with Crippen LogP contribution in [0, 0.1) is 0 Å². The van der Waals surface area contributed by atoms with E-state index in [4.69, 9.17) is 14.7 Å². The molecule has 0 spiro atoms. The summed E-state index contributed by atoms with van der Waals surface area (Å²) in [5.74, 6) is 2.64. The number of carbonyl (C=O) groups is 1. The fraction of sp³-hybridized carbons (Fsp3) is 0.636. The lowest BCUT2D eigenvalue weighted by molar-refractivity contribution is -0.142. The van der Waals surface area contributed by atoms with E-state index in [9.17, 15) is 4.79 Å². The highest BCUT2D eigenvalue weighted by Gasteiger charge is 2.33. The molecule has 160 valence electrons. The monoisotopic (exact) mass is 410 g/mol. The molecular formula is C22H30N6O2. The molecule has 2 N–H and O–H groups in total. The minimum atomic E-state index is -0.310. The van der Waals surface area contributed by atoms with Gasteiger partial charge in [0.1, 0.15) is 11.9 Å². The van der Waals surface area contributed by atoms with Crippen molar-refractivity contribution >= 4 is 23.6 Å². The standard InChI is InChI=1S/C22H30N6O2/c1-30-21(29)18-11-4-5-12-28(18)22-23-16-10-6-9-15(16)20(25-22)24-19-13-17(26-27-19)14-7-2-3-8-14/h13-14,18H,2-12H2,1H3,(H2,23,24,25,26,27). The van der Waals surface area contributed by atoms with Gasteiger partial charge in [-0.25, -0.2) is 9.78 Å².